The molecule has 0 aliphatic carbocycles. The summed E-state index contributed by atoms with van der Waals surface area (Å²) in [6.07, 6.45) is 0.823. The van der Waals surface area contributed by atoms with Crippen LogP contribution in [0.2, 0.25) is 0 Å². The number of thiophene rings is 1. The molecule has 0 radical (unpaired) electrons. The molecule has 1 aromatic carbocycles. The molecule has 3 nitrogen and oxygen atoms in total. The van der Waals surface area contributed by atoms with Crippen LogP contribution in [0.4, 0.5) is 5.69 Å². The molecule has 0 fully saturated rings. The average molecular weight is 207 g/mol. The van der Waals surface area contributed by atoms with Crippen LogP contribution in [0.25, 0.3) is 10.1 Å². The Hall–Kier alpha value is -1.55. The summed E-state index contributed by atoms with van der Waals surface area (Å²) in [5, 5.41) is 0.886. The maximum atomic E-state index is 10.6. The molecule has 0 amide bonds. The third-order valence-electron chi connectivity index (χ3n) is 2.04. The lowest BCUT2D eigenvalue weighted by atomic mass is 10.2. The van der Waals surface area contributed by atoms with E-state index in [0.717, 1.165) is 22.1 Å². The van der Waals surface area contributed by atoms with Crippen LogP contribution in [0.1, 0.15) is 9.67 Å². The van der Waals surface area contributed by atoms with Crippen molar-refractivity contribution in [3.63, 3.8) is 0 Å². The lowest BCUT2D eigenvalue weighted by Gasteiger charge is -2.02. The highest BCUT2D eigenvalue weighted by molar-refractivity contribution is 7.21. The van der Waals surface area contributed by atoms with E-state index in [0.29, 0.717) is 10.6 Å². The second kappa shape index (κ2) is 3.31. The summed E-state index contributed by atoms with van der Waals surface area (Å²) < 4.78 is 6.10. The van der Waals surface area contributed by atoms with E-state index < -0.39 is 0 Å². The molecule has 0 unspecified atom stereocenters. The Labute approximate surface area is 85.1 Å². The molecule has 2 N–H and O–H groups in total. The van der Waals surface area contributed by atoms with Crippen molar-refractivity contribution in [2.24, 2.45) is 0 Å². The fourth-order valence-electron chi connectivity index (χ4n) is 1.36. The summed E-state index contributed by atoms with van der Waals surface area (Å²) in [5.74, 6) is 0.757. The van der Waals surface area contributed by atoms with Crippen molar-refractivity contribution in [1.82, 2.24) is 0 Å². The van der Waals surface area contributed by atoms with Gasteiger partial charge in [-0.15, -0.1) is 11.3 Å². The zero-order valence-electron chi connectivity index (χ0n) is 7.61. The van der Waals surface area contributed by atoms with E-state index in [1.54, 1.807) is 19.2 Å². The van der Waals surface area contributed by atoms with Gasteiger partial charge in [0.05, 0.1) is 16.7 Å². The van der Waals surface area contributed by atoms with Gasteiger partial charge in [-0.25, -0.2) is 0 Å². The van der Waals surface area contributed by atoms with Gasteiger partial charge in [-0.2, -0.15) is 0 Å². The number of carbonyl (C=O) groups excluding carboxylic acids is 1. The Balaban J connectivity index is 2.81. The number of hydrogen-bond acceptors (Lipinski definition) is 4. The maximum absolute atomic E-state index is 10.6. The number of carbonyl (C=O) groups is 1. The average Bonchev–Trinajstić information content (AvgIpc) is 2.63. The minimum Gasteiger partial charge on any atom is -0.495 e. The molecule has 0 aliphatic rings. The molecule has 0 aliphatic heterocycles. The fourth-order valence-corrected chi connectivity index (χ4v) is 2.36. The third kappa shape index (κ3) is 1.24. The van der Waals surface area contributed by atoms with E-state index in [2.05, 4.69) is 0 Å². The lowest BCUT2D eigenvalue weighted by molar-refractivity contribution is 0.112. The number of anilines is 1. The highest BCUT2D eigenvalue weighted by Gasteiger charge is 2.08. The first-order valence-corrected chi connectivity index (χ1v) is 4.89. The molecule has 14 heavy (non-hydrogen) atoms. The second-order valence-corrected chi connectivity index (χ2v) is 3.95. The summed E-state index contributed by atoms with van der Waals surface area (Å²) in [6.45, 7) is 0. The summed E-state index contributed by atoms with van der Waals surface area (Å²) in [7, 11) is 1.60. The second-order valence-electron chi connectivity index (χ2n) is 2.87. The molecule has 0 bridgehead atoms. The normalized spacial score (nSPS) is 10.4. The highest BCUT2D eigenvalue weighted by Crippen LogP contribution is 2.36. The van der Waals surface area contributed by atoms with E-state index in [1.165, 1.54) is 11.3 Å². The van der Waals surface area contributed by atoms with Gasteiger partial charge in [0.2, 0.25) is 0 Å². The number of fused-ring (bicyclic) bond motifs is 1. The minimum absolute atomic E-state index is 0.663. The molecule has 72 valence electrons. The number of methoxy groups -OCH3 is 1. The highest BCUT2D eigenvalue weighted by atomic mass is 32.1. The molecule has 0 spiro atoms. The van der Waals surface area contributed by atoms with Crippen LogP contribution in [-0.4, -0.2) is 13.4 Å². The van der Waals surface area contributed by atoms with Crippen molar-refractivity contribution >= 4 is 33.4 Å². The number of rotatable bonds is 2. The van der Waals surface area contributed by atoms with Crippen molar-refractivity contribution in [2.45, 2.75) is 0 Å². The predicted molar refractivity (Wildman–Crippen MR) is 58.2 cm³/mol. The third-order valence-corrected chi connectivity index (χ3v) is 3.11. The smallest absolute Gasteiger partial charge is 0.160 e. The molecular formula is C10H9NO2S. The lowest BCUT2D eigenvalue weighted by Crippen LogP contribution is -1.87. The maximum Gasteiger partial charge on any atom is 0.160 e. The van der Waals surface area contributed by atoms with Crippen molar-refractivity contribution in [3.05, 3.63) is 23.1 Å². The Morgan fingerprint density at radius 2 is 2.29 bits per heavy atom. The molecule has 2 rings (SSSR count). The van der Waals surface area contributed by atoms with Gasteiger partial charge in [0.1, 0.15) is 5.75 Å². The molecule has 0 atom stereocenters. The predicted octanol–water partition coefficient (Wildman–Crippen LogP) is 2.30. The number of ether oxygens (including phenoxy) is 1. The first-order chi connectivity index (χ1) is 6.76. The first kappa shape index (κ1) is 9.02. The van der Waals surface area contributed by atoms with Gasteiger partial charge < -0.3 is 10.5 Å². The van der Waals surface area contributed by atoms with Crippen LogP contribution < -0.4 is 10.5 Å². The number of benzene rings is 1. The zero-order chi connectivity index (χ0) is 10.1. The molecule has 4 heteroatoms. The number of aldehydes is 1. The summed E-state index contributed by atoms with van der Waals surface area (Å²) >= 11 is 1.39. The Morgan fingerprint density at radius 1 is 1.50 bits per heavy atom. The van der Waals surface area contributed by atoms with Gasteiger partial charge >= 0.3 is 0 Å². The Kier molecular flexibility index (Phi) is 2.13. The quantitative estimate of drug-likeness (QED) is 0.607. The summed E-state index contributed by atoms with van der Waals surface area (Å²) in [5.41, 5.74) is 6.45. The Morgan fingerprint density at radius 3 is 2.93 bits per heavy atom. The van der Waals surface area contributed by atoms with Crippen molar-refractivity contribution in [3.8, 4) is 5.75 Å². The van der Waals surface area contributed by atoms with Gasteiger partial charge in [-0.3, -0.25) is 4.79 Å². The number of nitrogen functional groups attached to an aromatic ring is 1. The van der Waals surface area contributed by atoms with Crippen LogP contribution in [0, 0.1) is 0 Å². The van der Waals surface area contributed by atoms with Crippen molar-refractivity contribution < 1.29 is 9.53 Å². The van der Waals surface area contributed by atoms with Crippen LogP contribution in [-0.2, 0) is 0 Å². The Bertz CT molecular complexity index is 490. The van der Waals surface area contributed by atoms with E-state index in [9.17, 15) is 4.79 Å². The van der Waals surface area contributed by atoms with E-state index in [1.807, 2.05) is 6.07 Å². The van der Waals surface area contributed by atoms with Crippen LogP contribution in [0.15, 0.2) is 18.2 Å². The van der Waals surface area contributed by atoms with Crippen LogP contribution in [0.3, 0.4) is 0 Å². The number of hydrogen-bond donors (Lipinski definition) is 1. The largest absolute Gasteiger partial charge is 0.495 e. The molecule has 1 heterocycles. The molecule has 1 aromatic heterocycles. The van der Waals surface area contributed by atoms with Gasteiger partial charge in [0.15, 0.2) is 6.29 Å². The standard InChI is InChI=1S/C10H9NO2S/c1-13-9-3-2-8(11)7-4-6(5-12)14-10(7)9/h2-5H,11H2,1H3. The molecular weight excluding hydrogens is 198 g/mol. The monoisotopic (exact) mass is 207 g/mol. The number of nitrogens with two attached hydrogens (primary N) is 1. The topological polar surface area (TPSA) is 52.3 Å². The molecule has 0 saturated carbocycles. The zero-order valence-corrected chi connectivity index (χ0v) is 8.43. The van der Waals surface area contributed by atoms with Gasteiger partial charge in [-0.1, -0.05) is 0 Å². The summed E-state index contributed by atoms with van der Waals surface area (Å²) in [6, 6.07) is 5.37. The van der Waals surface area contributed by atoms with Crippen LogP contribution >= 0.6 is 11.3 Å². The van der Waals surface area contributed by atoms with E-state index >= 15 is 0 Å². The first-order valence-electron chi connectivity index (χ1n) is 4.07. The minimum atomic E-state index is 0.663. The van der Waals surface area contributed by atoms with Gasteiger partial charge in [0.25, 0.3) is 0 Å². The van der Waals surface area contributed by atoms with E-state index in [4.69, 9.17) is 10.5 Å². The van der Waals surface area contributed by atoms with Gasteiger partial charge in [0, 0.05) is 11.1 Å². The molecule has 2 aromatic rings. The van der Waals surface area contributed by atoms with Crippen molar-refractivity contribution in [1.29, 1.82) is 0 Å². The summed E-state index contributed by atoms with van der Waals surface area (Å²) in [4.78, 5) is 11.3. The fraction of sp³-hybridized carbons (Fsp3) is 0.100. The van der Waals surface area contributed by atoms with E-state index in [-0.39, 0.29) is 0 Å². The van der Waals surface area contributed by atoms with Gasteiger partial charge in [-0.05, 0) is 18.2 Å². The van der Waals surface area contributed by atoms with Crippen LogP contribution in [0.5, 0.6) is 5.75 Å². The SMILES string of the molecule is COc1ccc(N)c2cc(C=O)sc12. The van der Waals surface area contributed by atoms with Crippen molar-refractivity contribution in [2.75, 3.05) is 12.8 Å². The molecule has 0 saturated heterocycles.